The summed E-state index contributed by atoms with van der Waals surface area (Å²) in [6, 6.07) is 0.820. The first-order chi connectivity index (χ1) is 7.27. The fourth-order valence-corrected chi connectivity index (χ4v) is 3.02. The summed E-state index contributed by atoms with van der Waals surface area (Å²) < 4.78 is 0. The van der Waals surface area contributed by atoms with Crippen LogP contribution in [0.25, 0.3) is 0 Å². The molecule has 0 spiro atoms. The Kier molecular flexibility index (Phi) is 4.04. The van der Waals surface area contributed by atoms with Gasteiger partial charge in [0.15, 0.2) is 0 Å². The Morgan fingerprint density at radius 3 is 2.73 bits per heavy atom. The normalized spacial score (nSPS) is 39.2. The molecule has 0 saturated carbocycles. The summed E-state index contributed by atoms with van der Waals surface area (Å²) in [6.07, 6.45) is 5.71. The standard InChI is InChI=1S/C13H26N2/c1-11-8-14-9-13(11)10-15-7-5-3-4-6-12(15)2/h11-14H,3-10H2,1-2H3. The van der Waals surface area contributed by atoms with Gasteiger partial charge in [-0.1, -0.05) is 19.8 Å². The molecule has 0 aliphatic carbocycles. The molecule has 0 aromatic heterocycles. The Hall–Kier alpha value is -0.0800. The number of nitrogens with zero attached hydrogens (tertiary/aromatic N) is 1. The van der Waals surface area contributed by atoms with Crippen LogP contribution in [0.2, 0.25) is 0 Å². The predicted molar refractivity (Wildman–Crippen MR) is 65.0 cm³/mol. The zero-order valence-corrected chi connectivity index (χ0v) is 10.3. The summed E-state index contributed by atoms with van der Waals surface area (Å²) in [5.41, 5.74) is 0. The molecule has 3 unspecified atom stereocenters. The number of hydrogen-bond acceptors (Lipinski definition) is 2. The topological polar surface area (TPSA) is 15.3 Å². The smallest absolute Gasteiger partial charge is 0.00670 e. The molecule has 0 aromatic rings. The lowest BCUT2D eigenvalue weighted by atomic mass is 9.97. The summed E-state index contributed by atoms with van der Waals surface area (Å²) in [7, 11) is 0. The fraction of sp³-hybridized carbons (Fsp3) is 1.00. The van der Waals surface area contributed by atoms with Crippen molar-refractivity contribution in [2.45, 2.75) is 45.6 Å². The third kappa shape index (κ3) is 2.94. The highest BCUT2D eigenvalue weighted by Gasteiger charge is 2.27. The van der Waals surface area contributed by atoms with E-state index in [-0.39, 0.29) is 0 Å². The van der Waals surface area contributed by atoms with Gasteiger partial charge in [0.2, 0.25) is 0 Å². The van der Waals surface area contributed by atoms with Gasteiger partial charge in [0, 0.05) is 12.6 Å². The zero-order chi connectivity index (χ0) is 10.7. The van der Waals surface area contributed by atoms with Gasteiger partial charge in [-0.3, -0.25) is 0 Å². The van der Waals surface area contributed by atoms with E-state index in [2.05, 4.69) is 24.1 Å². The van der Waals surface area contributed by atoms with Gasteiger partial charge in [-0.25, -0.2) is 0 Å². The van der Waals surface area contributed by atoms with Crippen LogP contribution in [0, 0.1) is 11.8 Å². The van der Waals surface area contributed by atoms with E-state index in [9.17, 15) is 0 Å². The largest absolute Gasteiger partial charge is 0.316 e. The maximum atomic E-state index is 3.52. The van der Waals surface area contributed by atoms with Gasteiger partial charge in [0.1, 0.15) is 0 Å². The zero-order valence-electron chi connectivity index (χ0n) is 10.3. The van der Waals surface area contributed by atoms with Crippen molar-refractivity contribution < 1.29 is 0 Å². The Bertz CT molecular complexity index is 193. The van der Waals surface area contributed by atoms with Gasteiger partial charge < -0.3 is 10.2 Å². The van der Waals surface area contributed by atoms with Crippen LogP contribution in [0.15, 0.2) is 0 Å². The van der Waals surface area contributed by atoms with Crippen LogP contribution in [-0.4, -0.2) is 37.1 Å². The Balaban J connectivity index is 1.85. The van der Waals surface area contributed by atoms with E-state index in [1.54, 1.807) is 0 Å². The molecule has 0 amide bonds. The SMILES string of the molecule is CC1CNCC1CN1CCCCCC1C. The lowest BCUT2D eigenvalue weighted by Gasteiger charge is -2.30. The lowest BCUT2D eigenvalue weighted by Crippen LogP contribution is -2.38. The molecule has 1 N–H and O–H groups in total. The van der Waals surface area contributed by atoms with Crippen LogP contribution >= 0.6 is 0 Å². The van der Waals surface area contributed by atoms with E-state index in [1.165, 1.54) is 51.9 Å². The van der Waals surface area contributed by atoms with Crippen LogP contribution in [0.3, 0.4) is 0 Å². The Morgan fingerprint density at radius 1 is 1.13 bits per heavy atom. The number of nitrogens with one attached hydrogen (secondary N) is 1. The number of hydrogen-bond donors (Lipinski definition) is 1. The van der Waals surface area contributed by atoms with Crippen molar-refractivity contribution in [3.05, 3.63) is 0 Å². The van der Waals surface area contributed by atoms with Gasteiger partial charge >= 0.3 is 0 Å². The van der Waals surface area contributed by atoms with Crippen LogP contribution < -0.4 is 5.32 Å². The van der Waals surface area contributed by atoms with Crippen molar-refractivity contribution in [1.82, 2.24) is 10.2 Å². The molecule has 0 bridgehead atoms. The molecular formula is C13H26N2. The summed E-state index contributed by atoms with van der Waals surface area (Å²) in [6.45, 7) is 9.95. The highest BCUT2D eigenvalue weighted by molar-refractivity contribution is 4.83. The maximum absolute atomic E-state index is 3.52. The molecule has 2 heterocycles. The molecule has 2 aliphatic rings. The van der Waals surface area contributed by atoms with Gasteiger partial charge in [-0.2, -0.15) is 0 Å². The fourth-order valence-electron chi connectivity index (χ4n) is 3.02. The molecule has 2 fully saturated rings. The van der Waals surface area contributed by atoms with E-state index in [0.29, 0.717) is 0 Å². The first-order valence-corrected chi connectivity index (χ1v) is 6.72. The minimum absolute atomic E-state index is 0.820. The van der Waals surface area contributed by atoms with Gasteiger partial charge in [0.05, 0.1) is 0 Å². The molecule has 0 aromatic carbocycles. The minimum atomic E-state index is 0.820. The summed E-state index contributed by atoms with van der Waals surface area (Å²) in [5.74, 6) is 1.77. The van der Waals surface area contributed by atoms with Crippen molar-refractivity contribution in [3.8, 4) is 0 Å². The summed E-state index contributed by atoms with van der Waals surface area (Å²) in [4.78, 5) is 2.74. The molecule has 0 radical (unpaired) electrons. The number of likely N-dealkylation sites (tertiary alicyclic amines) is 1. The van der Waals surface area contributed by atoms with Crippen LogP contribution in [0.1, 0.15) is 39.5 Å². The molecule has 2 saturated heterocycles. The first-order valence-electron chi connectivity index (χ1n) is 6.72. The van der Waals surface area contributed by atoms with E-state index in [4.69, 9.17) is 0 Å². The third-order valence-electron chi connectivity index (χ3n) is 4.34. The van der Waals surface area contributed by atoms with Crippen molar-refractivity contribution >= 4 is 0 Å². The van der Waals surface area contributed by atoms with E-state index >= 15 is 0 Å². The monoisotopic (exact) mass is 210 g/mol. The van der Waals surface area contributed by atoms with E-state index in [0.717, 1.165) is 17.9 Å². The summed E-state index contributed by atoms with van der Waals surface area (Å²) >= 11 is 0. The van der Waals surface area contributed by atoms with Crippen molar-refractivity contribution in [1.29, 1.82) is 0 Å². The first kappa shape index (κ1) is 11.4. The minimum Gasteiger partial charge on any atom is -0.316 e. The average molecular weight is 210 g/mol. The van der Waals surface area contributed by atoms with Gasteiger partial charge in [0.25, 0.3) is 0 Å². The maximum Gasteiger partial charge on any atom is 0.00670 e. The van der Waals surface area contributed by atoms with Crippen molar-refractivity contribution in [3.63, 3.8) is 0 Å². The lowest BCUT2D eigenvalue weighted by molar-refractivity contribution is 0.172. The highest BCUT2D eigenvalue weighted by Crippen LogP contribution is 2.22. The second-order valence-electron chi connectivity index (χ2n) is 5.59. The van der Waals surface area contributed by atoms with Gasteiger partial charge in [-0.05, 0) is 51.2 Å². The van der Waals surface area contributed by atoms with E-state index in [1.807, 2.05) is 0 Å². The number of rotatable bonds is 2. The third-order valence-corrected chi connectivity index (χ3v) is 4.34. The molecule has 3 atom stereocenters. The molecule has 2 rings (SSSR count). The molecule has 2 aliphatic heterocycles. The van der Waals surface area contributed by atoms with Gasteiger partial charge in [-0.15, -0.1) is 0 Å². The van der Waals surface area contributed by atoms with E-state index < -0.39 is 0 Å². The molecule has 2 heteroatoms. The predicted octanol–water partition coefficient (Wildman–Crippen LogP) is 2.11. The van der Waals surface area contributed by atoms with Crippen LogP contribution in [0.5, 0.6) is 0 Å². The molecule has 2 nitrogen and oxygen atoms in total. The Labute approximate surface area is 94.4 Å². The van der Waals surface area contributed by atoms with Crippen molar-refractivity contribution in [2.24, 2.45) is 11.8 Å². The average Bonchev–Trinajstić information content (AvgIpc) is 2.50. The second kappa shape index (κ2) is 5.31. The van der Waals surface area contributed by atoms with Crippen LogP contribution in [-0.2, 0) is 0 Å². The quantitative estimate of drug-likeness (QED) is 0.751. The van der Waals surface area contributed by atoms with Crippen molar-refractivity contribution in [2.75, 3.05) is 26.2 Å². The molecular weight excluding hydrogens is 184 g/mol. The second-order valence-corrected chi connectivity index (χ2v) is 5.59. The molecule has 15 heavy (non-hydrogen) atoms. The highest BCUT2D eigenvalue weighted by atomic mass is 15.2. The molecule has 88 valence electrons. The Morgan fingerprint density at radius 2 is 2.00 bits per heavy atom. The van der Waals surface area contributed by atoms with Crippen LogP contribution in [0.4, 0.5) is 0 Å². The summed E-state index contributed by atoms with van der Waals surface area (Å²) in [5, 5.41) is 3.52.